The molecule has 0 saturated heterocycles. The SMILES string of the molecule is Cc1ccc(-c2n[nH]c(=S)n2CCC(=O)NNC(=O)Cc2c[nH]c3ccccc23)cc1. The molecule has 2 heterocycles. The van der Waals surface area contributed by atoms with Crippen molar-refractivity contribution in [2.75, 3.05) is 0 Å². The first-order valence-corrected chi connectivity index (χ1v) is 10.3. The molecule has 0 bridgehead atoms. The number of carbonyl (C=O) groups is 2. The highest BCUT2D eigenvalue weighted by molar-refractivity contribution is 7.71. The normalized spacial score (nSPS) is 10.9. The van der Waals surface area contributed by atoms with E-state index in [0.717, 1.165) is 27.6 Å². The van der Waals surface area contributed by atoms with Crippen molar-refractivity contribution in [3.05, 3.63) is 70.6 Å². The molecule has 4 rings (SSSR count). The molecule has 0 unspecified atom stereocenters. The van der Waals surface area contributed by atoms with E-state index in [4.69, 9.17) is 12.2 Å². The Morgan fingerprint density at radius 3 is 2.61 bits per heavy atom. The van der Waals surface area contributed by atoms with E-state index in [0.29, 0.717) is 17.1 Å². The highest BCUT2D eigenvalue weighted by atomic mass is 32.1. The monoisotopic (exact) mass is 434 g/mol. The van der Waals surface area contributed by atoms with Gasteiger partial charge in [0.2, 0.25) is 11.8 Å². The second kappa shape index (κ2) is 8.97. The number of amides is 2. The molecule has 0 saturated carbocycles. The first-order valence-electron chi connectivity index (χ1n) is 9.86. The summed E-state index contributed by atoms with van der Waals surface area (Å²) < 4.78 is 2.21. The molecule has 0 aliphatic carbocycles. The fraction of sp³-hybridized carbons (Fsp3) is 0.182. The quantitative estimate of drug-likeness (QED) is 0.276. The van der Waals surface area contributed by atoms with E-state index in [-0.39, 0.29) is 24.7 Å². The van der Waals surface area contributed by atoms with Crippen molar-refractivity contribution in [1.82, 2.24) is 30.6 Å². The summed E-state index contributed by atoms with van der Waals surface area (Å²) in [7, 11) is 0. The van der Waals surface area contributed by atoms with Crippen LogP contribution >= 0.6 is 12.2 Å². The molecule has 0 aliphatic rings. The predicted molar refractivity (Wildman–Crippen MR) is 120 cm³/mol. The maximum atomic E-state index is 12.3. The van der Waals surface area contributed by atoms with Gasteiger partial charge in [-0.05, 0) is 30.8 Å². The maximum Gasteiger partial charge on any atom is 0.242 e. The number of hydrazine groups is 1. The molecule has 0 fully saturated rings. The average molecular weight is 435 g/mol. The van der Waals surface area contributed by atoms with Crippen LogP contribution in [0.5, 0.6) is 0 Å². The minimum Gasteiger partial charge on any atom is -0.361 e. The van der Waals surface area contributed by atoms with Gasteiger partial charge in [-0.3, -0.25) is 30.1 Å². The zero-order valence-electron chi connectivity index (χ0n) is 16.9. The Kier molecular flexibility index (Phi) is 5.94. The molecule has 158 valence electrons. The van der Waals surface area contributed by atoms with Crippen LogP contribution in [0.25, 0.3) is 22.3 Å². The van der Waals surface area contributed by atoms with Crippen molar-refractivity contribution >= 4 is 34.9 Å². The fourth-order valence-electron chi connectivity index (χ4n) is 3.36. The van der Waals surface area contributed by atoms with Crippen LogP contribution in [0.3, 0.4) is 0 Å². The van der Waals surface area contributed by atoms with Crippen LogP contribution in [-0.4, -0.2) is 31.6 Å². The van der Waals surface area contributed by atoms with Gasteiger partial charge in [-0.15, -0.1) is 0 Å². The highest BCUT2D eigenvalue weighted by Crippen LogP contribution is 2.19. The number of nitrogens with zero attached hydrogens (tertiary/aromatic N) is 2. The van der Waals surface area contributed by atoms with E-state index in [9.17, 15) is 9.59 Å². The topological polar surface area (TPSA) is 108 Å². The molecule has 0 spiro atoms. The largest absolute Gasteiger partial charge is 0.361 e. The molecule has 9 heteroatoms. The van der Waals surface area contributed by atoms with Gasteiger partial charge in [-0.1, -0.05) is 48.0 Å². The van der Waals surface area contributed by atoms with Crippen molar-refractivity contribution in [3.8, 4) is 11.4 Å². The number of hydrogen-bond acceptors (Lipinski definition) is 4. The second-order valence-corrected chi connectivity index (χ2v) is 7.64. The Morgan fingerprint density at radius 1 is 1.06 bits per heavy atom. The Labute approximate surface area is 183 Å². The molecule has 2 aromatic heterocycles. The highest BCUT2D eigenvalue weighted by Gasteiger charge is 2.12. The summed E-state index contributed by atoms with van der Waals surface area (Å²) in [4.78, 5) is 27.6. The van der Waals surface area contributed by atoms with Crippen LogP contribution in [0.4, 0.5) is 0 Å². The van der Waals surface area contributed by atoms with Crippen molar-refractivity contribution in [3.63, 3.8) is 0 Å². The van der Waals surface area contributed by atoms with Gasteiger partial charge in [0.1, 0.15) is 0 Å². The van der Waals surface area contributed by atoms with Gasteiger partial charge in [-0.25, -0.2) is 0 Å². The fourth-order valence-corrected chi connectivity index (χ4v) is 3.58. The lowest BCUT2D eigenvalue weighted by molar-refractivity contribution is -0.128. The molecule has 2 aromatic carbocycles. The van der Waals surface area contributed by atoms with Crippen LogP contribution in [0.15, 0.2) is 54.7 Å². The Bertz CT molecular complexity index is 1290. The summed E-state index contributed by atoms with van der Waals surface area (Å²) in [6.45, 7) is 2.35. The Morgan fingerprint density at radius 2 is 1.81 bits per heavy atom. The molecule has 4 aromatic rings. The number of hydrogen-bond donors (Lipinski definition) is 4. The third kappa shape index (κ3) is 4.72. The molecular formula is C22H22N6O2S. The van der Waals surface area contributed by atoms with Crippen LogP contribution < -0.4 is 10.9 Å². The van der Waals surface area contributed by atoms with Gasteiger partial charge < -0.3 is 4.98 Å². The van der Waals surface area contributed by atoms with E-state index in [1.165, 1.54) is 0 Å². The molecule has 0 atom stereocenters. The third-order valence-corrected chi connectivity index (χ3v) is 5.31. The van der Waals surface area contributed by atoms with Gasteiger partial charge in [0.05, 0.1) is 6.42 Å². The van der Waals surface area contributed by atoms with E-state index >= 15 is 0 Å². The van der Waals surface area contributed by atoms with E-state index in [1.807, 2.05) is 55.5 Å². The van der Waals surface area contributed by atoms with Crippen molar-refractivity contribution < 1.29 is 9.59 Å². The Balaban J connectivity index is 1.32. The number of para-hydroxylation sites is 1. The zero-order chi connectivity index (χ0) is 21.8. The number of rotatable bonds is 6. The second-order valence-electron chi connectivity index (χ2n) is 7.25. The number of H-pyrrole nitrogens is 2. The minimum atomic E-state index is -0.315. The number of aromatic amines is 2. The third-order valence-electron chi connectivity index (χ3n) is 5.00. The first kappa shape index (κ1) is 20.5. The molecule has 0 aliphatic heterocycles. The lowest BCUT2D eigenvalue weighted by atomic mass is 10.1. The Hall–Kier alpha value is -3.72. The summed E-state index contributed by atoms with van der Waals surface area (Å²) >= 11 is 5.30. The molecular weight excluding hydrogens is 412 g/mol. The number of nitrogens with one attached hydrogen (secondary N) is 4. The molecule has 4 N–H and O–H groups in total. The molecule has 2 amide bonds. The van der Waals surface area contributed by atoms with Crippen LogP contribution in [-0.2, 0) is 22.6 Å². The van der Waals surface area contributed by atoms with E-state index in [1.54, 1.807) is 10.8 Å². The zero-order valence-corrected chi connectivity index (χ0v) is 17.8. The van der Waals surface area contributed by atoms with Crippen molar-refractivity contribution in [2.24, 2.45) is 0 Å². The summed E-state index contributed by atoms with van der Waals surface area (Å²) in [5.41, 5.74) is 8.83. The number of aryl methyl sites for hydroxylation is 1. The lowest BCUT2D eigenvalue weighted by Gasteiger charge is -2.09. The summed E-state index contributed by atoms with van der Waals surface area (Å²) in [6.07, 6.45) is 2.11. The van der Waals surface area contributed by atoms with Crippen LogP contribution in [0.1, 0.15) is 17.5 Å². The van der Waals surface area contributed by atoms with Crippen molar-refractivity contribution in [2.45, 2.75) is 26.3 Å². The predicted octanol–water partition coefficient (Wildman–Crippen LogP) is 3.18. The van der Waals surface area contributed by atoms with Gasteiger partial charge in [0, 0.05) is 35.6 Å². The molecule has 31 heavy (non-hydrogen) atoms. The van der Waals surface area contributed by atoms with Gasteiger partial charge >= 0.3 is 0 Å². The maximum absolute atomic E-state index is 12.3. The van der Waals surface area contributed by atoms with Crippen molar-refractivity contribution in [1.29, 1.82) is 0 Å². The standard InChI is InChI=1S/C22H22N6O2S/c1-14-6-8-15(9-7-14)21-26-27-22(31)28(21)11-10-19(29)24-25-20(30)12-16-13-23-18-5-3-2-4-17(16)18/h2-9,13,23H,10-12H2,1H3,(H,24,29)(H,25,30)(H,27,31). The van der Waals surface area contributed by atoms with Gasteiger partial charge in [0.25, 0.3) is 0 Å². The number of fused-ring (bicyclic) bond motifs is 1. The number of benzene rings is 2. The number of aromatic nitrogens is 4. The first-order chi connectivity index (χ1) is 15.0. The summed E-state index contributed by atoms with van der Waals surface area (Å²) in [5, 5.41) is 8.04. The van der Waals surface area contributed by atoms with E-state index in [2.05, 4.69) is 26.0 Å². The number of carbonyl (C=O) groups excluding carboxylic acids is 2. The smallest absolute Gasteiger partial charge is 0.242 e. The summed E-state index contributed by atoms with van der Waals surface area (Å²) in [5.74, 6) is 0.0600. The lowest BCUT2D eigenvalue weighted by Crippen LogP contribution is -2.42. The van der Waals surface area contributed by atoms with Crippen LogP contribution in [0, 0.1) is 11.7 Å². The summed E-state index contributed by atoms with van der Waals surface area (Å²) in [6, 6.07) is 15.7. The minimum absolute atomic E-state index is 0.139. The molecule has 0 radical (unpaired) electrons. The average Bonchev–Trinajstić information content (AvgIpc) is 3.35. The molecule has 8 nitrogen and oxygen atoms in total. The van der Waals surface area contributed by atoms with E-state index < -0.39 is 0 Å². The van der Waals surface area contributed by atoms with Crippen LogP contribution in [0.2, 0.25) is 0 Å². The van der Waals surface area contributed by atoms with Gasteiger partial charge in [-0.2, -0.15) is 5.10 Å². The van der Waals surface area contributed by atoms with Gasteiger partial charge in [0.15, 0.2) is 10.6 Å².